The Morgan fingerprint density at radius 1 is 1.50 bits per heavy atom. The van der Waals surface area contributed by atoms with Crippen LogP contribution < -0.4 is 0 Å². The minimum atomic E-state index is -1.21. The van der Waals surface area contributed by atoms with Gasteiger partial charge in [0.05, 0.1) is 6.42 Å². The van der Waals surface area contributed by atoms with E-state index in [9.17, 15) is 4.79 Å². The molecule has 0 heterocycles. The van der Waals surface area contributed by atoms with Crippen LogP contribution in [0.2, 0.25) is 0 Å². The van der Waals surface area contributed by atoms with Crippen molar-refractivity contribution in [3.8, 4) is 0 Å². The molecule has 0 saturated carbocycles. The van der Waals surface area contributed by atoms with E-state index in [0.29, 0.717) is 0 Å². The molecular formula is C5H7Cl3O2. The maximum Gasteiger partial charge on any atom is 0.306 e. The Morgan fingerprint density at radius 2 is 2.00 bits per heavy atom. The quantitative estimate of drug-likeness (QED) is 0.715. The van der Waals surface area contributed by atoms with Gasteiger partial charge in [-0.2, -0.15) is 0 Å². The molecule has 0 radical (unpaired) electrons. The van der Waals surface area contributed by atoms with E-state index in [4.69, 9.17) is 39.9 Å². The molecule has 0 unspecified atom stereocenters. The first-order valence-corrected chi connectivity index (χ1v) is 3.92. The van der Waals surface area contributed by atoms with Gasteiger partial charge in [-0.15, -0.1) is 34.8 Å². The van der Waals surface area contributed by atoms with E-state index in [0.717, 1.165) is 0 Å². The lowest BCUT2D eigenvalue weighted by atomic mass is 10.2. The third kappa shape index (κ3) is 5.15. The second-order valence-corrected chi connectivity index (χ2v) is 3.88. The smallest absolute Gasteiger partial charge is 0.306 e. The number of carboxylic acids is 1. The zero-order valence-electron chi connectivity index (χ0n) is 5.11. The fraction of sp³-hybridized carbons (Fsp3) is 0.800. The molecule has 0 aliphatic heterocycles. The molecule has 0 aliphatic rings. The van der Waals surface area contributed by atoms with Gasteiger partial charge in [-0.05, 0) is 6.42 Å². The first kappa shape index (κ1) is 10.3. The summed E-state index contributed by atoms with van der Waals surface area (Å²) < 4.78 is -1.21. The fourth-order valence-electron chi connectivity index (χ4n) is 0.448. The zero-order chi connectivity index (χ0) is 8.20. The first-order valence-electron chi connectivity index (χ1n) is 2.63. The molecule has 60 valence electrons. The highest BCUT2D eigenvalue weighted by Crippen LogP contribution is 2.29. The van der Waals surface area contributed by atoms with Crippen molar-refractivity contribution in [1.82, 2.24) is 0 Å². The number of rotatable bonds is 4. The Bertz CT molecular complexity index is 124. The Labute approximate surface area is 74.1 Å². The monoisotopic (exact) mass is 204 g/mol. The number of halogens is 3. The van der Waals surface area contributed by atoms with Crippen LogP contribution >= 0.6 is 34.8 Å². The van der Waals surface area contributed by atoms with Gasteiger partial charge in [0.2, 0.25) is 0 Å². The summed E-state index contributed by atoms with van der Waals surface area (Å²) in [7, 11) is 0. The van der Waals surface area contributed by atoms with Crippen molar-refractivity contribution in [2.24, 2.45) is 0 Å². The normalized spacial score (nSPS) is 11.5. The van der Waals surface area contributed by atoms with Crippen molar-refractivity contribution in [3.05, 3.63) is 0 Å². The topological polar surface area (TPSA) is 37.3 Å². The van der Waals surface area contributed by atoms with Gasteiger partial charge in [0, 0.05) is 5.88 Å². The zero-order valence-corrected chi connectivity index (χ0v) is 7.38. The summed E-state index contributed by atoms with van der Waals surface area (Å²) in [5, 5.41) is 8.26. The van der Waals surface area contributed by atoms with Crippen LogP contribution in [0.1, 0.15) is 12.8 Å². The number of carbonyl (C=O) groups is 1. The van der Waals surface area contributed by atoms with Gasteiger partial charge >= 0.3 is 5.97 Å². The molecule has 0 spiro atoms. The molecule has 0 fully saturated rings. The summed E-state index contributed by atoms with van der Waals surface area (Å²) in [4.78, 5) is 10.1. The van der Waals surface area contributed by atoms with Crippen LogP contribution in [0.3, 0.4) is 0 Å². The highest BCUT2D eigenvalue weighted by Gasteiger charge is 2.26. The molecule has 5 heteroatoms. The number of hydrogen-bond donors (Lipinski definition) is 1. The summed E-state index contributed by atoms with van der Waals surface area (Å²) in [6.45, 7) is 0. The number of carboxylic acid groups (broad SMARTS) is 1. The van der Waals surface area contributed by atoms with Crippen LogP contribution in [-0.4, -0.2) is 21.3 Å². The van der Waals surface area contributed by atoms with Crippen molar-refractivity contribution < 1.29 is 9.90 Å². The summed E-state index contributed by atoms with van der Waals surface area (Å²) in [6, 6.07) is 0. The number of hydrogen-bond acceptors (Lipinski definition) is 1. The predicted molar refractivity (Wildman–Crippen MR) is 42.0 cm³/mol. The summed E-state index contributed by atoms with van der Waals surface area (Å²) in [6.07, 6.45) is 0.00674. The molecule has 0 amide bonds. The highest BCUT2D eigenvalue weighted by molar-refractivity contribution is 6.49. The molecule has 0 atom stereocenters. The number of alkyl halides is 3. The van der Waals surface area contributed by atoms with Crippen molar-refractivity contribution >= 4 is 40.8 Å². The van der Waals surface area contributed by atoms with Gasteiger partial charge in [0.1, 0.15) is 4.33 Å². The molecule has 0 bridgehead atoms. The van der Waals surface area contributed by atoms with E-state index < -0.39 is 10.3 Å². The standard InChI is InChI=1S/C5H7Cl3O2/c6-2-1-5(7,8)3-4(9)10/h1-3H2,(H,9,10). The lowest BCUT2D eigenvalue weighted by Crippen LogP contribution is -2.18. The fourth-order valence-corrected chi connectivity index (χ4v) is 1.38. The third-order valence-corrected chi connectivity index (χ3v) is 1.70. The van der Waals surface area contributed by atoms with Crippen LogP contribution in [0.15, 0.2) is 0 Å². The molecule has 0 aromatic heterocycles. The van der Waals surface area contributed by atoms with E-state index in [1.54, 1.807) is 0 Å². The maximum absolute atomic E-state index is 10.1. The van der Waals surface area contributed by atoms with Gasteiger partial charge in [0.25, 0.3) is 0 Å². The summed E-state index contributed by atoms with van der Waals surface area (Å²) in [5.74, 6) is -0.754. The van der Waals surface area contributed by atoms with Gasteiger partial charge in [-0.1, -0.05) is 0 Å². The molecule has 0 aromatic rings. The summed E-state index contributed by atoms with van der Waals surface area (Å²) in [5.41, 5.74) is 0. The third-order valence-electron chi connectivity index (χ3n) is 0.870. The largest absolute Gasteiger partial charge is 0.481 e. The van der Waals surface area contributed by atoms with E-state index in [2.05, 4.69) is 0 Å². The second kappa shape index (κ2) is 4.27. The van der Waals surface area contributed by atoms with E-state index in [1.807, 2.05) is 0 Å². The Morgan fingerprint density at radius 3 is 2.30 bits per heavy atom. The molecule has 0 aliphatic carbocycles. The second-order valence-electron chi connectivity index (χ2n) is 1.87. The van der Waals surface area contributed by atoms with Crippen molar-refractivity contribution in [3.63, 3.8) is 0 Å². The molecule has 0 saturated heterocycles. The molecule has 2 nitrogen and oxygen atoms in total. The van der Waals surface area contributed by atoms with Crippen LogP contribution in [0.4, 0.5) is 0 Å². The molecule has 10 heavy (non-hydrogen) atoms. The van der Waals surface area contributed by atoms with Gasteiger partial charge in [0.15, 0.2) is 0 Å². The minimum Gasteiger partial charge on any atom is -0.481 e. The van der Waals surface area contributed by atoms with Gasteiger partial charge in [-0.3, -0.25) is 4.79 Å². The lowest BCUT2D eigenvalue weighted by Gasteiger charge is -2.14. The first-order chi connectivity index (χ1) is 4.48. The molecule has 0 rings (SSSR count). The Hall–Kier alpha value is 0.340. The maximum atomic E-state index is 10.1. The van der Waals surface area contributed by atoms with Crippen molar-refractivity contribution in [2.75, 3.05) is 5.88 Å². The molecular weight excluding hydrogens is 198 g/mol. The van der Waals surface area contributed by atoms with E-state index >= 15 is 0 Å². The predicted octanol–water partition coefficient (Wildman–Crippen LogP) is 2.26. The molecule has 1 N–H and O–H groups in total. The number of aliphatic carboxylic acids is 1. The average molecular weight is 205 g/mol. The van der Waals surface area contributed by atoms with Gasteiger partial charge in [-0.25, -0.2) is 0 Å². The highest BCUT2D eigenvalue weighted by atomic mass is 35.5. The summed E-state index contributed by atoms with van der Waals surface area (Å²) >= 11 is 16.4. The van der Waals surface area contributed by atoms with Crippen LogP contribution in [0.5, 0.6) is 0 Å². The van der Waals surface area contributed by atoms with Crippen LogP contribution in [-0.2, 0) is 4.79 Å². The van der Waals surface area contributed by atoms with Crippen molar-refractivity contribution in [1.29, 1.82) is 0 Å². The Balaban J connectivity index is 3.74. The van der Waals surface area contributed by atoms with E-state index in [1.165, 1.54) is 0 Å². The van der Waals surface area contributed by atoms with Crippen molar-refractivity contribution in [2.45, 2.75) is 17.2 Å². The lowest BCUT2D eigenvalue weighted by molar-refractivity contribution is -0.137. The SMILES string of the molecule is O=C(O)CC(Cl)(Cl)CCCl. The van der Waals surface area contributed by atoms with Gasteiger partial charge < -0.3 is 5.11 Å². The Kier molecular flexibility index (Phi) is 4.41. The molecule has 0 aromatic carbocycles. The van der Waals surface area contributed by atoms with Crippen LogP contribution in [0, 0.1) is 0 Å². The van der Waals surface area contributed by atoms with E-state index in [-0.39, 0.29) is 18.7 Å². The average Bonchev–Trinajstić information content (AvgIpc) is 1.59. The van der Waals surface area contributed by atoms with Crippen LogP contribution in [0.25, 0.3) is 0 Å². The minimum absolute atomic E-state index is 0.264.